The SMILES string of the molecule is CC(C)(C)OC(=O)N1CCC(CCCNc2cccc3c2C(=O)N(C2CCC(=O)NC2=O)C3=O)CC1. The first-order chi connectivity index (χ1) is 17.0. The van der Waals surface area contributed by atoms with Gasteiger partial charge >= 0.3 is 6.09 Å². The van der Waals surface area contributed by atoms with Crippen LogP contribution in [0.25, 0.3) is 0 Å². The van der Waals surface area contributed by atoms with Gasteiger partial charge in [-0.25, -0.2) is 4.79 Å². The first-order valence-electron chi connectivity index (χ1n) is 12.6. The molecule has 5 amide bonds. The molecule has 3 aliphatic heterocycles. The molecule has 10 nitrogen and oxygen atoms in total. The van der Waals surface area contributed by atoms with Crippen LogP contribution in [0.4, 0.5) is 10.5 Å². The van der Waals surface area contributed by atoms with Gasteiger partial charge in [-0.05, 0) is 70.9 Å². The fourth-order valence-electron chi connectivity index (χ4n) is 5.01. The van der Waals surface area contributed by atoms with Crippen molar-refractivity contribution in [3.8, 4) is 0 Å². The first kappa shape index (κ1) is 25.7. The molecular weight excluding hydrogens is 464 g/mol. The molecule has 0 spiro atoms. The Bertz CT molecular complexity index is 1070. The monoisotopic (exact) mass is 498 g/mol. The third kappa shape index (κ3) is 5.52. The molecule has 10 heteroatoms. The maximum atomic E-state index is 13.2. The minimum absolute atomic E-state index is 0.0889. The second kappa shape index (κ2) is 10.3. The highest BCUT2D eigenvalue weighted by Crippen LogP contribution is 2.32. The number of ether oxygens (including phenoxy) is 1. The Morgan fingerprint density at radius 2 is 1.81 bits per heavy atom. The largest absolute Gasteiger partial charge is 0.444 e. The van der Waals surface area contributed by atoms with E-state index in [9.17, 15) is 24.0 Å². The van der Waals surface area contributed by atoms with Crippen molar-refractivity contribution in [2.24, 2.45) is 5.92 Å². The van der Waals surface area contributed by atoms with E-state index in [1.165, 1.54) is 0 Å². The van der Waals surface area contributed by atoms with E-state index < -0.39 is 35.3 Å². The molecule has 3 heterocycles. The summed E-state index contributed by atoms with van der Waals surface area (Å²) < 4.78 is 5.45. The summed E-state index contributed by atoms with van der Waals surface area (Å²) in [6.45, 7) is 7.59. The van der Waals surface area contributed by atoms with E-state index in [1.807, 2.05) is 20.8 Å². The molecule has 1 atom stereocenters. The molecule has 1 aromatic rings. The molecule has 0 aliphatic carbocycles. The molecular formula is C26H34N4O6. The number of hydrogen-bond acceptors (Lipinski definition) is 7. The van der Waals surface area contributed by atoms with E-state index in [0.717, 1.165) is 30.6 Å². The molecule has 3 aliphatic rings. The van der Waals surface area contributed by atoms with Gasteiger partial charge in [0.25, 0.3) is 11.8 Å². The van der Waals surface area contributed by atoms with Gasteiger partial charge in [0.2, 0.25) is 11.8 Å². The maximum Gasteiger partial charge on any atom is 0.410 e. The standard InChI is InChI=1S/C26H34N4O6/c1-26(2,3)36-25(35)29-14-11-16(12-15-29)6-5-13-27-18-8-4-7-17-21(18)24(34)30(23(17)33)19-9-10-20(31)28-22(19)32/h4,7-8,16,19,27H,5-6,9-15H2,1-3H3,(H,28,31,32). The lowest BCUT2D eigenvalue weighted by Crippen LogP contribution is -2.54. The number of anilines is 1. The number of piperidine rings is 2. The lowest BCUT2D eigenvalue weighted by Gasteiger charge is -2.33. The summed E-state index contributed by atoms with van der Waals surface area (Å²) in [6, 6.07) is 4.09. The van der Waals surface area contributed by atoms with Crippen molar-refractivity contribution in [1.29, 1.82) is 0 Å². The zero-order valence-electron chi connectivity index (χ0n) is 21.1. The number of rotatable bonds is 6. The van der Waals surface area contributed by atoms with Crippen LogP contribution in [0.1, 0.15) is 80.0 Å². The average Bonchev–Trinajstić information content (AvgIpc) is 3.07. The molecule has 0 bridgehead atoms. The fourth-order valence-corrected chi connectivity index (χ4v) is 5.01. The quantitative estimate of drug-likeness (QED) is 0.456. The predicted molar refractivity (Wildman–Crippen MR) is 131 cm³/mol. The number of likely N-dealkylation sites (tertiary alicyclic amines) is 1. The van der Waals surface area contributed by atoms with Gasteiger partial charge in [0.05, 0.1) is 11.1 Å². The third-order valence-corrected chi connectivity index (χ3v) is 6.84. The van der Waals surface area contributed by atoms with Gasteiger partial charge in [-0.15, -0.1) is 0 Å². The van der Waals surface area contributed by atoms with E-state index in [1.54, 1.807) is 23.1 Å². The Morgan fingerprint density at radius 1 is 1.08 bits per heavy atom. The Labute approximate surface area is 210 Å². The van der Waals surface area contributed by atoms with E-state index in [0.29, 0.717) is 31.2 Å². The second-order valence-electron chi connectivity index (χ2n) is 10.7. The summed E-state index contributed by atoms with van der Waals surface area (Å²) in [7, 11) is 0. The number of benzene rings is 1. The maximum absolute atomic E-state index is 13.2. The number of carbonyl (C=O) groups is 5. The highest BCUT2D eigenvalue weighted by molar-refractivity contribution is 6.25. The summed E-state index contributed by atoms with van der Waals surface area (Å²) in [5.74, 6) is -1.52. The third-order valence-electron chi connectivity index (χ3n) is 6.84. The van der Waals surface area contributed by atoms with E-state index in [4.69, 9.17) is 4.74 Å². The van der Waals surface area contributed by atoms with Crippen molar-refractivity contribution >= 4 is 35.4 Å². The molecule has 4 rings (SSSR count). The topological polar surface area (TPSA) is 125 Å². The number of nitrogens with one attached hydrogen (secondary N) is 2. The van der Waals surface area contributed by atoms with Crippen LogP contribution >= 0.6 is 0 Å². The molecule has 194 valence electrons. The van der Waals surface area contributed by atoms with Gasteiger partial charge in [-0.1, -0.05) is 6.07 Å². The zero-order chi connectivity index (χ0) is 26.0. The highest BCUT2D eigenvalue weighted by atomic mass is 16.6. The number of fused-ring (bicyclic) bond motifs is 1. The molecule has 0 radical (unpaired) electrons. The average molecular weight is 499 g/mol. The Kier molecular flexibility index (Phi) is 7.33. The molecule has 2 fully saturated rings. The highest BCUT2D eigenvalue weighted by Gasteiger charge is 2.45. The van der Waals surface area contributed by atoms with Crippen LogP contribution < -0.4 is 10.6 Å². The van der Waals surface area contributed by atoms with Crippen molar-refractivity contribution in [1.82, 2.24) is 15.1 Å². The normalized spacial score (nSPS) is 20.9. The fraction of sp³-hybridized carbons (Fsp3) is 0.577. The summed E-state index contributed by atoms with van der Waals surface area (Å²) in [6.07, 6.45) is 3.67. The molecule has 2 N–H and O–H groups in total. The van der Waals surface area contributed by atoms with Crippen LogP contribution in [0.2, 0.25) is 0 Å². The van der Waals surface area contributed by atoms with Crippen LogP contribution in [0.15, 0.2) is 18.2 Å². The van der Waals surface area contributed by atoms with Crippen molar-refractivity contribution in [3.05, 3.63) is 29.3 Å². The van der Waals surface area contributed by atoms with E-state index in [-0.39, 0.29) is 30.1 Å². The van der Waals surface area contributed by atoms with Crippen LogP contribution in [0.5, 0.6) is 0 Å². The lowest BCUT2D eigenvalue weighted by molar-refractivity contribution is -0.136. The van der Waals surface area contributed by atoms with Crippen LogP contribution in [-0.2, 0) is 14.3 Å². The van der Waals surface area contributed by atoms with Gasteiger partial charge in [0.15, 0.2) is 0 Å². The van der Waals surface area contributed by atoms with E-state index >= 15 is 0 Å². The molecule has 36 heavy (non-hydrogen) atoms. The van der Waals surface area contributed by atoms with Gasteiger partial charge in [-0.2, -0.15) is 0 Å². The van der Waals surface area contributed by atoms with Crippen LogP contribution in [-0.4, -0.2) is 70.8 Å². The molecule has 0 aromatic heterocycles. The van der Waals surface area contributed by atoms with Crippen molar-refractivity contribution in [3.63, 3.8) is 0 Å². The predicted octanol–water partition coefficient (Wildman–Crippen LogP) is 2.93. The zero-order valence-corrected chi connectivity index (χ0v) is 21.1. The molecule has 0 saturated carbocycles. The van der Waals surface area contributed by atoms with Gasteiger partial charge in [0, 0.05) is 31.7 Å². The molecule has 1 aromatic carbocycles. The Balaban J connectivity index is 1.28. The number of carbonyl (C=O) groups excluding carboxylic acids is 5. The Hall–Kier alpha value is -3.43. The van der Waals surface area contributed by atoms with Crippen molar-refractivity contribution in [2.45, 2.75) is 70.9 Å². The second-order valence-corrected chi connectivity index (χ2v) is 10.7. The van der Waals surface area contributed by atoms with Gasteiger partial charge in [0.1, 0.15) is 11.6 Å². The van der Waals surface area contributed by atoms with Crippen molar-refractivity contribution < 1.29 is 28.7 Å². The summed E-state index contributed by atoms with van der Waals surface area (Å²) in [4.78, 5) is 64.9. The smallest absolute Gasteiger partial charge is 0.410 e. The number of nitrogens with zero attached hydrogens (tertiary/aromatic N) is 2. The van der Waals surface area contributed by atoms with Crippen LogP contribution in [0.3, 0.4) is 0 Å². The summed E-state index contributed by atoms with van der Waals surface area (Å²) >= 11 is 0. The number of hydrogen-bond donors (Lipinski definition) is 2. The Morgan fingerprint density at radius 3 is 2.47 bits per heavy atom. The molecule has 1 unspecified atom stereocenters. The minimum atomic E-state index is -0.977. The number of imide groups is 2. The van der Waals surface area contributed by atoms with Crippen LogP contribution in [0, 0.1) is 5.92 Å². The minimum Gasteiger partial charge on any atom is -0.444 e. The van der Waals surface area contributed by atoms with Gasteiger partial charge in [-0.3, -0.25) is 29.4 Å². The van der Waals surface area contributed by atoms with E-state index in [2.05, 4.69) is 10.6 Å². The summed E-state index contributed by atoms with van der Waals surface area (Å²) in [5, 5.41) is 5.50. The first-order valence-corrected chi connectivity index (χ1v) is 12.6. The summed E-state index contributed by atoms with van der Waals surface area (Å²) in [5.41, 5.74) is 0.615. The van der Waals surface area contributed by atoms with Gasteiger partial charge < -0.3 is 15.0 Å². The molecule has 2 saturated heterocycles. The number of amides is 5. The van der Waals surface area contributed by atoms with Crippen molar-refractivity contribution in [2.75, 3.05) is 25.0 Å². The lowest BCUT2D eigenvalue weighted by atomic mass is 9.92.